The van der Waals surface area contributed by atoms with Crippen LogP contribution in [0.15, 0.2) is 24.3 Å². The molecule has 1 N–H and O–H groups in total. The predicted molar refractivity (Wildman–Crippen MR) is 81.6 cm³/mol. The van der Waals surface area contributed by atoms with Gasteiger partial charge in [-0.05, 0) is 38.6 Å². The van der Waals surface area contributed by atoms with E-state index in [1.54, 1.807) is 7.11 Å². The number of likely N-dealkylation sites (tertiary alicyclic amines) is 1. The Hall–Kier alpha value is -1.26. The highest BCUT2D eigenvalue weighted by Crippen LogP contribution is 2.25. The third kappa shape index (κ3) is 4.39. The highest BCUT2D eigenvalue weighted by atomic mass is 16.5. The Balaban J connectivity index is 1.64. The monoisotopic (exact) mass is 278 g/mol. The number of hydrogen-bond donors (Lipinski definition) is 1. The number of hydrogen-bond acceptors (Lipinski definition) is 4. The first kappa shape index (κ1) is 15.1. The fourth-order valence-electron chi connectivity index (χ4n) is 2.64. The fraction of sp³-hybridized carbons (Fsp3) is 0.625. The number of ether oxygens (including phenoxy) is 2. The smallest absolute Gasteiger partial charge is 0.161 e. The van der Waals surface area contributed by atoms with Crippen LogP contribution >= 0.6 is 0 Å². The zero-order chi connectivity index (χ0) is 14.2. The van der Waals surface area contributed by atoms with Gasteiger partial charge in [0.25, 0.3) is 0 Å². The van der Waals surface area contributed by atoms with Crippen LogP contribution in [-0.4, -0.2) is 51.3 Å². The molecular weight excluding hydrogens is 252 g/mol. The van der Waals surface area contributed by atoms with Crippen LogP contribution in [0.25, 0.3) is 0 Å². The van der Waals surface area contributed by atoms with E-state index in [4.69, 9.17) is 9.47 Å². The number of likely N-dealkylation sites (N-methyl/N-ethyl adjacent to an activating group) is 1. The van der Waals surface area contributed by atoms with E-state index < -0.39 is 0 Å². The number of methoxy groups -OCH3 is 1. The van der Waals surface area contributed by atoms with Crippen LogP contribution in [-0.2, 0) is 0 Å². The molecule has 1 fully saturated rings. The molecule has 1 aliphatic rings. The van der Waals surface area contributed by atoms with Crippen molar-refractivity contribution in [1.82, 2.24) is 10.2 Å². The summed E-state index contributed by atoms with van der Waals surface area (Å²) in [5, 5.41) is 3.49. The van der Waals surface area contributed by atoms with E-state index in [1.807, 2.05) is 24.3 Å². The Kier molecular flexibility index (Phi) is 6.15. The molecule has 112 valence electrons. The van der Waals surface area contributed by atoms with Gasteiger partial charge in [-0.3, -0.25) is 0 Å². The van der Waals surface area contributed by atoms with E-state index in [9.17, 15) is 0 Å². The second-order valence-electron chi connectivity index (χ2n) is 5.33. The van der Waals surface area contributed by atoms with Crippen LogP contribution in [0.5, 0.6) is 11.5 Å². The third-order valence-corrected chi connectivity index (χ3v) is 3.91. The number of piperidine rings is 1. The van der Waals surface area contributed by atoms with Crippen LogP contribution in [0.3, 0.4) is 0 Å². The maximum atomic E-state index is 5.74. The third-order valence-electron chi connectivity index (χ3n) is 3.91. The van der Waals surface area contributed by atoms with E-state index in [0.29, 0.717) is 12.6 Å². The van der Waals surface area contributed by atoms with Crippen molar-refractivity contribution in [2.45, 2.75) is 25.3 Å². The van der Waals surface area contributed by atoms with E-state index in [1.165, 1.54) is 25.8 Å². The number of benzene rings is 1. The van der Waals surface area contributed by atoms with E-state index in [0.717, 1.165) is 24.6 Å². The van der Waals surface area contributed by atoms with E-state index >= 15 is 0 Å². The molecule has 0 radical (unpaired) electrons. The van der Waals surface area contributed by atoms with Gasteiger partial charge in [-0.25, -0.2) is 0 Å². The molecule has 1 saturated heterocycles. The lowest BCUT2D eigenvalue weighted by Gasteiger charge is -2.32. The molecule has 0 amide bonds. The first-order valence-electron chi connectivity index (χ1n) is 7.48. The summed E-state index contributed by atoms with van der Waals surface area (Å²) in [6.07, 6.45) is 4.00. The summed E-state index contributed by atoms with van der Waals surface area (Å²) in [6.45, 7) is 3.80. The predicted octanol–water partition coefficient (Wildman–Crippen LogP) is 2.15. The van der Waals surface area contributed by atoms with Crippen LogP contribution < -0.4 is 14.8 Å². The molecule has 0 spiro atoms. The molecule has 0 aliphatic carbocycles. The lowest BCUT2D eigenvalue weighted by atomic mass is 10.0. The van der Waals surface area contributed by atoms with Crippen molar-refractivity contribution in [2.75, 3.05) is 40.4 Å². The average Bonchev–Trinajstić information content (AvgIpc) is 2.49. The van der Waals surface area contributed by atoms with Gasteiger partial charge in [0, 0.05) is 19.1 Å². The topological polar surface area (TPSA) is 33.7 Å². The van der Waals surface area contributed by atoms with Gasteiger partial charge in [-0.2, -0.15) is 0 Å². The highest BCUT2D eigenvalue weighted by molar-refractivity contribution is 5.39. The Morgan fingerprint density at radius 1 is 1.25 bits per heavy atom. The van der Waals surface area contributed by atoms with Crippen molar-refractivity contribution in [3.63, 3.8) is 0 Å². The Labute approximate surface area is 122 Å². The van der Waals surface area contributed by atoms with Crippen molar-refractivity contribution in [3.05, 3.63) is 24.3 Å². The summed E-state index contributed by atoms with van der Waals surface area (Å²) in [5.74, 6) is 1.60. The van der Waals surface area contributed by atoms with Gasteiger partial charge in [0.1, 0.15) is 6.61 Å². The second-order valence-corrected chi connectivity index (χ2v) is 5.33. The van der Waals surface area contributed by atoms with Gasteiger partial charge >= 0.3 is 0 Å². The van der Waals surface area contributed by atoms with Gasteiger partial charge in [-0.15, -0.1) is 0 Å². The highest BCUT2D eigenvalue weighted by Gasteiger charge is 2.17. The molecule has 2 rings (SSSR count). The lowest BCUT2D eigenvalue weighted by Crippen LogP contribution is -2.43. The minimum Gasteiger partial charge on any atom is -0.493 e. The summed E-state index contributed by atoms with van der Waals surface area (Å²) >= 11 is 0. The van der Waals surface area contributed by atoms with Crippen molar-refractivity contribution in [1.29, 1.82) is 0 Å². The first-order chi connectivity index (χ1) is 9.81. The number of nitrogens with one attached hydrogen (secondary N) is 1. The molecule has 1 aromatic carbocycles. The van der Waals surface area contributed by atoms with Crippen molar-refractivity contribution in [3.8, 4) is 11.5 Å². The Morgan fingerprint density at radius 2 is 2.05 bits per heavy atom. The van der Waals surface area contributed by atoms with Crippen molar-refractivity contribution in [2.24, 2.45) is 0 Å². The molecule has 0 bridgehead atoms. The Morgan fingerprint density at radius 3 is 2.80 bits per heavy atom. The SMILES string of the molecule is COc1ccccc1OCCNCC1CCCCN1C. The van der Waals surface area contributed by atoms with Gasteiger partial charge in [0.05, 0.1) is 7.11 Å². The van der Waals surface area contributed by atoms with Gasteiger partial charge < -0.3 is 19.7 Å². The minimum absolute atomic E-state index is 0.663. The summed E-state index contributed by atoms with van der Waals surface area (Å²) in [6, 6.07) is 8.44. The summed E-state index contributed by atoms with van der Waals surface area (Å²) in [5.41, 5.74) is 0. The quantitative estimate of drug-likeness (QED) is 0.775. The zero-order valence-electron chi connectivity index (χ0n) is 12.6. The zero-order valence-corrected chi connectivity index (χ0v) is 12.6. The largest absolute Gasteiger partial charge is 0.493 e. The maximum absolute atomic E-state index is 5.74. The van der Waals surface area contributed by atoms with Gasteiger partial charge in [-0.1, -0.05) is 18.6 Å². The lowest BCUT2D eigenvalue weighted by molar-refractivity contribution is 0.179. The Bertz CT molecular complexity index is 398. The summed E-state index contributed by atoms with van der Waals surface area (Å²) in [4.78, 5) is 2.46. The fourth-order valence-corrected chi connectivity index (χ4v) is 2.64. The molecule has 1 unspecified atom stereocenters. The molecule has 20 heavy (non-hydrogen) atoms. The normalized spacial score (nSPS) is 19.8. The molecule has 0 aromatic heterocycles. The van der Waals surface area contributed by atoms with E-state index in [2.05, 4.69) is 17.3 Å². The first-order valence-corrected chi connectivity index (χ1v) is 7.48. The minimum atomic E-state index is 0.663. The standard InChI is InChI=1S/C16H26N2O2/c1-18-11-6-5-7-14(18)13-17-10-12-20-16-9-4-3-8-15(16)19-2/h3-4,8-9,14,17H,5-7,10-13H2,1-2H3. The molecule has 1 aliphatic heterocycles. The van der Waals surface area contributed by atoms with E-state index in [-0.39, 0.29) is 0 Å². The summed E-state index contributed by atoms with van der Waals surface area (Å²) < 4.78 is 11.0. The van der Waals surface area contributed by atoms with Gasteiger partial charge in [0.15, 0.2) is 11.5 Å². The van der Waals surface area contributed by atoms with Crippen LogP contribution in [0.4, 0.5) is 0 Å². The number of nitrogens with zero attached hydrogens (tertiary/aromatic N) is 1. The molecule has 4 nitrogen and oxygen atoms in total. The van der Waals surface area contributed by atoms with Crippen molar-refractivity contribution >= 4 is 0 Å². The molecule has 4 heteroatoms. The van der Waals surface area contributed by atoms with Crippen LogP contribution in [0.1, 0.15) is 19.3 Å². The molecule has 0 saturated carbocycles. The maximum Gasteiger partial charge on any atom is 0.161 e. The average molecular weight is 278 g/mol. The van der Waals surface area contributed by atoms with Gasteiger partial charge in [0.2, 0.25) is 0 Å². The molecular formula is C16H26N2O2. The van der Waals surface area contributed by atoms with Crippen molar-refractivity contribution < 1.29 is 9.47 Å². The summed E-state index contributed by atoms with van der Waals surface area (Å²) in [7, 11) is 3.89. The molecule has 1 aromatic rings. The molecule has 1 atom stereocenters. The molecule has 1 heterocycles. The van der Waals surface area contributed by atoms with Crippen LogP contribution in [0, 0.1) is 0 Å². The number of para-hydroxylation sites is 2. The van der Waals surface area contributed by atoms with Crippen LogP contribution in [0.2, 0.25) is 0 Å². The number of rotatable bonds is 7. The second kappa shape index (κ2) is 8.12.